The Morgan fingerprint density at radius 3 is 2.70 bits per heavy atom. The Hall–Kier alpha value is -0.970. The molecular formula is C15H22ClNO3. The second kappa shape index (κ2) is 7.72. The second-order valence-corrected chi connectivity index (χ2v) is 5.43. The van der Waals surface area contributed by atoms with E-state index < -0.39 is 6.23 Å². The fourth-order valence-corrected chi connectivity index (χ4v) is 2.68. The lowest BCUT2D eigenvalue weighted by Crippen LogP contribution is -2.44. The number of ether oxygens (including phenoxy) is 2. The van der Waals surface area contributed by atoms with Gasteiger partial charge in [0.05, 0.1) is 19.6 Å². The molecule has 4 nitrogen and oxygen atoms in total. The van der Waals surface area contributed by atoms with E-state index >= 15 is 0 Å². The molecule has 20 heavy (non-hydrogen) atoms. The SMILES string of the molecule is COc1ccc(OCC2CCCN([C@@H](O)CCl)C2)cc1. The zero-order valence-corrected chi connectivity index (χ0v) is 12.6. The van der Waals surface area contributed by atoms with Gasteiger partial charge in [0.15, 0.2) is 0 Å². The maximum Gasteiger partial charge on any atom is 0.121 e. The first-order valence-corrected chi connectivity index (χ1v) is 7.51. The van der Waals surface area contributed by atoms with Crippen molar-refractivity contribution in [2.45, 2.75) is 19.1 Å². The van der Waals surface area contributed by atoms with E-state index in [9.17, 15) is 5.11 Å². The molecular weight excluding hydrogens is 278 g/mol. The largest absolute Gasteiger partial charge is 0.497 e. The van der Waals surface area contributed by atoms with Gasteiger partial charge in [-0.2, -0.15) is 0 Å². The van der Waals surface area contributed by atoms with E-state index in [1.165, 1.54) is 0 Å². The fraction of sp³-hybridized carbons (Fsp3) is 0.600. The number of alkyl halides is 1. The van der Waals surface area contributed by atoms with Crippen LogP contribution in [0.1, 0.15) is 12.8 Å². The Balaban J connectivity index is 1.80. The third-order valence-corrected chi connectivity index (χ3v) is 3.93. The highest BCUT2D eigenvalue weighted by Crippen LogP contribution is 2.21. The van der Waals surface area contributed by atoms with Crippen molar-refractivity contribution in [3.63, 3.8) is 0 Å². The number of aliphatic hydroxyl groups excluding tert-OH is 1. The lowest BCUT2D eigenvalue weighted by Gasteiger charge is -2.35. The number of hydrogen-bond acceptors (Lipinski definition) is 4. The molecule has 1 aromatic carbocycles. The minimum atomic E-state index is -0.541. The molecule has 0 aliphatic carbocycles. The van der Waals surface area contributed by atoms with Crippen LogP contribution in [0.25, 0.3) is 0 Å². The molecule has 0 spiro atoms. The Morgan fingerprint density at radius 1 is 1.35 bits per heavy atom. The van der Waals surface area contributed by atoms with Gasteiger partial charge in [0.25, 0.3) is 0 Å². The molecule has 0 radical (unpaired) electrons. The summed E-state index contributed by atoms with van der Waals surface area (Å²) in [5.41, 5.74) is 0. The smallest absolute Gasteiger partial charge is 0.121 e. The first-order valence-electron chi connectivity index (χ1n) is 6.98. The highest BCUT2D eigenvalue weighted by Gasteiger charge is 2.24. The van der Waals surface area contributed by atoms with Gasteiger partial charge in [0, 0.05) is 19.0 Å². The molecule has 1 aliphatic heterocycles. The van der Waals surface area contributed by atoms with Gasteiger partial charge in [-0.3, -0.25) is 4.90 Å². The van der Waals surface area contributed by atoms with Crippen LogP contribution in [0, 0.1) is 5.92 Å². The normalized spacial score (nSPS) is 21.4. The summed E-state index contributed by atoms with van der Waals surface area (Å²) in [4.78, 5) is 2.03. The topological polar surface area (TPSA) is 41.9 Å². The average molecular weight is 300 g/mol. The number of nitrogens with zero attached hydrogens (tertiary/aromatic N) is 1. The number of benzene rings is 1. The average Bonchev–Trinajstić information content (AvgIpc) is 2.53. The van der Waals surface area contributed by atoms with Gasteiger partial charge in [-0.15, -0.1) is 11.6 Å². The van der Waals surface area contributed by atoms with E-state index in [2.05, 4.69) is 0 Å². The molecule has 0 amide bonds. The summed E-state index contributed by atoms with van der Waals surface area (Å²) in [5, 5.41) is 9.78. The lowest BCUT2D eigenvalue weighted by atomic mass is 9.99. The Kier molecular flexibility index (Phi) is 5.95. The van der Waals surface area contributed by atoms with E-state index in [1.54, 1.807) is 7.11 Å². The molecule has 1 N–H and O–H groups in total. The van der Waals surface area contributed by atoms with Crippen molar-refractivity contribution < 1.29 is 14.6 Å². The van der Waals surface area contributed by atoms with Crippen LogP contribution in [0.3, 0.4) is 0 Å². The molecule has 2 rings (SSSR count). The molecule has 0 saturated carbocycles. The van der Waals surface area contributed by atoms with E-state index in [-0.39, 0.29) is 5.88 Å². The number of piperidine rings is 1. The molecule has 5 heteroatoms. The monoisotopic (exact) mass is 299 g/mol. The van der Waals surface area contributed by atoms with Crippen LogP contribution in [-0.4, -0.2) is 48.9 Å². The van der Waals surface area contributed by atoms with Crippen molar-refractivity contribution >= 4 is 11.6 Å². The van der Waals surface area contributed by atoms with Crippen LogP contribution in [-0.2, 0) is 0 Å². The predicted octanol–water partition coefficient (Wildman–Crippen LogP) is 2.34. The molecule has 1 unspecified atom stereocenters. The third-order valence-electron chi connectivity index (χ3n) is 3.66. The predicted molar refractivity (Wildman–Crippen MR) is 79.5 cm³/mol. The number of hydrogen-bond donors (Lipinski definition) is 1. The van der Waals surface area contributed by atoms with Gasteiger partial charge in [0.2, 0.25) is 0 Å². The van der Waals surface area contributed by atoms with Crippen LogP contribution in [0.4, 0.5) is 0 Å². The van der Waals surface area contributed by atoms with Crippen LogP contribution >= 0.6 is 11.6 Å². The van der Waals surface area contributed by atoms with Gasteiger partial charge in [-0.05, 0) is 37.1 Å². The first-order chi connectivity index (χ1) is 9.72. The Bertz CT molecular complexity index is 399. The molecule has 1 aromatic rings. The number of halogens is 1. The summed E-state index contributed by atoms with van der Waals surface area (Å²) in [5.74, 6) is 2.36. The van der Waals surface area contributed by atoms with Gasteiger partial charge in [0.1, 0.15) is 17.7 Å². The third kappa shape index (κ3) is 4.27. The van der Waals surface area contributed by atoms with Crippen molar-refractivity contribution in [1.82, 2.24) is 4.90 Å². The second-order valence-electron chi connectivity index (χ2n) is 5.12. The molecule has 0 bridgehead atoms. The van der Waals surface area contributed by atoms with Crippen LogP contribution < -0.4 is 9.47 Å². The van der Waals surface area contributed by atoms with Gasteiger partial charge in [-0.25, -0.2) is 0 Å². The summed E-state index contributed by atoms with van der Waals surface area (Å²) in [6.45, 7) is 2.41. The van der Waals surface area contributed by atoms with Gasteiger partial charge in [-0.1, -0.05) is 0 Å². The van der Waals surface area contributed by atoms with Crippen LogP contribution in [0.5, 0.6) is 11.5 Å². The number of methoxy groups -OCH3 is 1. The van der Waals surface area contributed by atoms with Crippen molar-refractivity contribution in [1.29, 1.82) is 0 Å². The molecule has 2 atom stereocenters. The van der Waals surface area contributed by atoms with E-state index in [0.29, 0.717) is 12.5 Å². The number of aliphatic hydroxyl groups is 1. The number of likely N-dealkylation sites (tertiary alicyclic amines) is 1. The molecule has 112 valence electrons. The van der Waals surface area contributed by atoms with Crippen LogP contribution in [0.2, 0.25) is 0 Å². The Labute approximate surface area is 125 Å². The summed E-state index contributed by atoms with van der Waals surface area (Å²) in [6, 6.07) is 7.60. The summed E-state index contributed by atoms with van der Waals surface area (Å²) >= 11 is 5.70. The standard InChI is InChI=1S/C15H22ClNO3/c1-19-13-4-6-14(7-5-13)20-11-12-3-2-8-17(10-12)15(18)9-16/h4-7,12,15,18H,2-3,8-11H2,1H3/t12?,15-/m0/s1. The molecule has 1 aliphatic rings. The van der Waals surface area contributed by atoms with Crippen molar-refractivity contribution in [2.75, 3.05) is 32.7 Å². The highest BCUT2D eigenvalue weighted by molar-refractivity contribution is 6.18. The van der Waals surface area contributed by atoms with Crippen molar-refractivity contribution in [3.8, 4) is 11.5 Å². The van der Waals surface area contributed by atoms with Gasteiger partial charge < -0.3 is 14.6 Å². The zero-order chi connectivity index (χ0) is 14.4. The summed E-state index contributed by atoms with van der Waals surface area (Å²) in [6.07, 6.45) is 1.66. The quantitative estimate of drug-likeness (QED) is 0.819. The zero-order valence-electron chi connectivity index (χ0n) is 11.8. The fourth-order valence-electron chi connectivity index (χ4n) is 2.49. The molecule has 1 saturated heterocycles. The summed E-state index contributed by atoms with van der Waals surface area (Å²) < 4.78 is 10.9. The van der Waals surface area contributed by atoms with E-state index in [4.69, 9.17) is 21.1 Å². The highest BCUT2D eigenvalue weighted by atomic mass is 35.5. The minimum absolute atomic E-state index is 0.256. The lowest BCUT2D eigenvalue weighted by molar-refractivity contribution is -0.0124. The van der Waals surface area contributed by atoms with Crippen molar-refractivity contribution in [3.05, 3.63) is 24.3 Å². The first kappa shape index (κ1) is 15.4. The Morgan fingerprint density at radius 2 is 2.05 bits per heavy atom. The maximum absolute atomic E-state index is 9.78. The minimum Gasteiger partial charge on any atom is -0.497 e. The maximum atomic E-state index is 9.78. The van der Waals surface area contributed by atoms with E-state index in [1.807, 2.05) is 29.2 Å². The molecule has 0 aromatic heterocycles. The van der Waals surface area contributed by atoms with Gasteiger partial charge >= 0.3 is 0 Å². The van der Waals surface area contributed by atoms with Crippen molar-refractivity contribution in [2.24, 2.45) is 5.92 Å². The molecule has 1 heterocycles. The number of rotatable bonds is 6. The summed E-state index contributed by atoms with van der Waals surface area (Å²) in [7, 11) is 1.65. The van der Waals surface area contributed by atoms with E-state index in [0.717, 1.165) is 37.4 Å². The van der Waals surface area contributed by atoms with Crippen LogP contribution in [0.15, 0.2) is 24.3 Å². The molecule has 1 fully saturated rings.